The molecule has 1 amide bonds. The van der Waals surface area contributed by atoms with Crippen LogP contribution in [0.1, 0.15) is 200 Å². The van der Waals surface area contributed by atoms with Crippen molar-refractivity contribution in [1.82, 2.24) is 5.32 Å². The molecule has 2 unspecified atom stereocenters. The van der Waals surface area contributed by atoms with E-state index in [4.69, 9.17) is 18.5 Å². The number of ether oxygens (including phenoxy) is 2. The highest BCUT2D eigenvalue weighted by Crippen LogP contribution is 2.43. The Morgan fingerprint density at radius 3 is 1.46 bits per heavy atom. The second kappa shape index (κ2) is 40.4. The van der Waals surface area contributed by atoms with Crippen LogP contribution in [0.2, 0.25) is 0 Å². The Hall–Kier alpha value is -0.780. The van der Waals surface area contributed by atoms with E-state index in [1.165, 1.54) is 122 Å². The highest BCUT2D eigenvalue weighted by Gasteiger charge is 2.26. The van der Waals surface area contributed by atoms with Gasteiger partial charge in [-0.05, 0) is 19.1 Å². The molecule has 0 aromatic rings. The van der Waals surface area contributed by atoms with Crippen molar-refractivity contribution < 1.29 is 42.4 Å². The van der Waals surface area contributed by atoms with Crippen LogP contribution in [0.5, 0.6) is 0 Å². The molecule has 0 rings (SSSR count). The summed E-state index contributed by atoms with van der Waals surface area (Å²) in [6, 6.07) is 0. The third kappa shape index (κ3) is 39.5. The van der Waals surface area contributed by atoms with E-state index >= 15 is 0 Å². The van der Waals surface area contributed by atoms with Gasteiger partial charge in [-0.15, -0.1) is 0 Å². The van der Waals surface area contributed by atoms with Gasteiger partial charge in [0, 0.05) is 31.6 Å². The van der Waals surface area contributed by atoms with Gasteiger partial charge in [-0.3, -0.25) is 23.4 Å². The highest BCUT2D eigenvalue weighted by atomic mass is 33.1. The minimum atomic E-state index is -4.51. The Labute approximate surface area is 338 Å². The first kappa shape index (κ1) is 53.2. The van der Waals surface area contributed by atoms with Crippen molar-refractivity contribution in [3.63, 3.8) is 0 Å². The van der Waals surface area contributed by atoms with E-state index in [0.29, 0.717) is 18.6 Å². The van der Waals surface area contributed by atoms with E-state index in [0.717, 1.165) is 38.5 Å². The first-order valence-corrected chi connectivity index (χ1v) is 25.9. The molecule has 13 heteroatoms. The van der Waals surface area contributed by atoms with Crippen molar-refractivity contribution in [1.29, 1.82) is 0 Å². The monoisotopic (exact) mass is 826 g/mol. The summed E-state index contributed by atoms with van der Waals surface area (Å²) in [5, 5.41) is 2.63. The number of phosphoric acid groups is 1. The second-order valence-corrected chi connectivity index (χ2v) is 18.6. The molecule has 0 radical (unpaired) electrons. The standard InChI is InChI=1S/C41H80NO9PS2/c1-4-6-8-10-12-14-16-18-20-22-24-26-28-30-40(44)48-36-38(37-50-52(46,47)49-34-33-42-39(43)32-35-54-53-3)51-41(45)31-29-27-25-23-21-19-17-15-13-11-9-7-5-2/h38H,4-37H2,1-3H3,(H,42,43)(H,46,47). The summed E-state index contributed by atoms with van der Waals surface area (Å²) in [5.41, 5.74) is 0. The lowest BCUT2D eigenvalue weighted by molar-refractivity contribution is -0.161. The Kier molecular flexibility index (Phi) is 39.8. The van der Waals surface area contributed by atoms with Gasteiger partial charge in [-0.1, -0.05) is 190 Å². The quantitative estimate of drug-likeness (QED) is 0.0263. The summed E-state index contributed by atoms with van der Waals surface area (Å²) >= 11 is 0. The zero-order chi connectivity index (χ0) is 39.8. The van der Waals surface area contributed by atoms with Gasteiger partial charge in [0.25, 0.3) is 0 Å². The van der Waals surface area contributed by atoms with Gasteiger partial charge >= 0.3 is 19.8 Å². The molecule has 2 atom stereocenters. The lowest BCUT2D eigenvalue weighted by atomic mass is 10.0. The number of amides is 1. The third-order valence-corrected chi connectivity index (χ3v) is 12.1. The van der Waals surface area contributed by atoms with Crippen molar-refractivity contribution in [3.8, 4) is 0 Å². The second-order valence-electron chi connectivity index (χ2n) is 14.5. The van der Waals surface area contributed by atoms with Crippen molar-refractivity contribution in [2.24, 2.45) is 0 Å². The SMILES string of the molecule is CCCCCCCCCCCCCCCC(=O)OCC(COP(=O)(O)OCCNC(=O)CCSSC)OC(=O)CCCCCCCCCCCCCCC. The van der Waals surface area contributed by atoms with Crippen LogP contribution < -0.4 is 5.32 Å². The molecule has 0 fully saturated rings. The zero-order valence-corrected chi connectivity index (χ0v) is 37.1. The van der Waals surface area contributed by atoms with Gasteiger partial charge in [-0.25, -0.2) is 4.57 Å². The van der Waals surface area contributed by atoms with E-state index in [-0.39, 0.29) is 38.5 Å². The number of nitrogens with one attached hydrogen (secondary N) is 1. The molecule has 0 aromatic heterocycles. The van der Waals surface area contributed by atoms with Crippen molar-refractivity contribution in [3.05, 3.63) is 0 Å². The van der Waals surface area contributed by atoms with Crippen LogP contribution in [0, 0.1) is 0 Å². The summed E-state index contributed by atoms with van der Waals surface area (Å²) in [6.45, 7) is 3.56. The van der Waals surface area contributed by atoms with Gasteiger partial charge in [0.1, 0.15) is 6.61 Å². The van der Waals surface area contributed by atoms with E-state index in [9.17, 15) is 23.8 Å². The van der Waals surface area contributed by atoms with Crippen LogP contribution >= 0.6 is 29.4 Å². The smallest absolute Gasteiger partial charge is 0.462 e. The summed E-state index contributed by atoms with van der Waals surface area (Å²) in [6.07, 6.45) is 33.1. The minimum Gasteiger partial charge on any atom is -0.462 e. The summed E-state index contributed by atoms with van der Waals surface area (Å²) in [4.78, 5) is 47.2. The molecule has 54 heavy (non-hydrogen) atoms. The predicted octanol–water partition coefficient (Wildman–Crippen LogP) is 12.1. The molecular formula is C41H80NO9PS2. The van der Waals surface area contributed by atoms with Gasteiger partial charge in [0.05, 0.1) is 13.2 Å². The van der Waals surface area contributed by atoms with Crippen LogP contribution in [-0.4, -0.2) is 67.2 Å². The maximum atomic E-state index is 12.7. The fourth-order valence-electron chi connectivity index (χ4n) is 6.07. The molecule has 0 saturated carbocycles. The molecular weight excluding hydrogens is 746 g/mol. The van der Waals surface area contributed by atoms with Gasteiger partial charge in [0.15, 0.2) is 6.10 Å². The Bertz CT molecular complexity index is 931. The molecule has 0 aliphatic heterocycles. The lowest BCUT2D eigenvalue weighted by Gasteiger charge is -2.20. The Morgan fingerprint density at radius 2 is 1.02 bits per heavy atom. The fourth-order valence-corrected chi connectivity index (χ4v) is 8.00. The maximum Gasteiger partial charge on any atom is 0.472 e. The molecule has 0 aromatic carbocycles. The molecule has 0 aliphatic carbocycles. The predicted molar refractivity (Wildman–Crippen MR) is 227 cm³/mol. The Balaban J connectivity index is 4.48. The highest BCUT2D eigenvalue weighted by molar-refractivity contribution is 8.76. The maximum absolute atomic E-state index is 12.7. The van der Waals surface area contributed by atoms with E-state index in [1.807, 2.05) is 6.26 Å². The zero-order valence-electron chi connectivity index (χ0n) is 34.6. The Morgan fingerprint density at radius 1 is 0.593 bits per heavy atom. The topological polar surface area (TPSA) is 137 Å². The molecule has 320 valence electrons. The van der Waals surface area contributed by atoms with Gasteiger partial charge < -0.3 is 19.7 Å². The fraction of sp³-hybridized carbons (Fsp3) is 0.927. The number of rotatable bonds is 42. The lowest BCUT2D eigenvalue weighted by Crippen LogP contribution is -2.30. The van der Waals surface area contributed by atoms with E-state index in [2.05, 4.69) is 19.2 Å². The van der Waals surface area contributed by atoms with E-state index < -0.39 is 32.5 Å². The van der Waals surface area contributed by atoms with Gasteiger partial charge in [0.2, 0.25) is 5.91 Å². The number of hydrogen-bond donors (Lipinski definition) is 2. The first-order valence-electron chi connectivity index (χ1n) is 21.6. The summed E-state index contributed by atoms with van der Waals surface area (Å²) < 4.78 is 33.5. The molecule has 0 bridgehead atoms. The number of carbonyl (C=O) groups is 3. The van der Waals surface area contributed by atoms with Crippen LogP contribution in [-0.2, 0) is 37.5 Å². The van der Waals surface area contributed by atoms with Crippen LogP contribution in [0.4, 0.5) is 0 Å². The number of esters is 2. The molecule has 0 spiro atoms. The molecule has 0 saturated heterocycles. The first-order chi connectivity index (χ1) is 26.2. The number of phosphoric ester groups is 1. The van der Waals surface area contributed by atoms with Crippen molar-refractivity contribution >= 4 is 47.3 Å². The molecule has 0 heterocycles. The van der Waals surface area contributed by atoms with E-state index in [1.54, 1.807) is 21.6 Å². The number of unbranched alkanes of at least 4 members (excludes halogenated alkanes) is 24. The average Bonchev–Trinajstić information content (AvgIpc) is 3.15. The normalized spacial score (nSPS) is 13.0. The molecule has 2 N–H and O–H groups in total. The number of hydrogen-bond acceptors (Lipinski definition) is 10. The van der Waals surface area contributed by atoms with Crippen LogP contribution in [0.15, 0.2) is 0 Å². The van der Waals surface area contributed by atoms with Crippen LogP contribution in [0.25, 0.3) is 0 Å². The minimum absolute atomic E-state index is 0.0467. The number of carbonyl (C=O) groups excluding carboxylic acids is 3. The molecule has 10 nitrogen and oxygen atoms in total. The third-order valence-electron chi connectivity index (χ3n) is 9.33. The van der Waals surface area contributed by atoms with Crippen molar-refractivity contribution in [2.45, 2.75) is 206 Å². The van der Waals surface area contributed by atoms with Crippen LogP contribution in [0.3, 0.4) is 0 Å². The largest absolute Gasteiger partial charge is 0.472 e. The van der Waals surface area contributed by atoms with Gasteiger partial charge in [-0.2, -0.15) is 0 Å². The molecule has 0 aliphatic rings. The average molecular weight is 826 g/mol. The summed E-state index contributed by atoms with van der Waals surface area (Å²) in [7, 11) is -1.36. The summed E-state index contributed by atoms with van der Waals surface area (Å²) in [5.74, 6) is -0.371. The van der Waals surface area contributed by atoms with Crippen molar-refractivity contribution in [2.75, 3.05) is 38.4 Å².